The molecule has 29 heavy (non-hydrogen) atoms. The molecule has 0 aliphatic rings. The fourth-order valence-corrected chi connectivity index (χ4v) is 5.22. The number of amides is 1. The second-order valence-electron chi connectivity index (χ2n) is 6.64. The van der Waals surface area contributed by atoms with Crippen LogP contribution in [-0.4, -0.2) is 38.9 Å². The minimum atomic E-state index is -3.68. The first kappa shape index (κ1) is 23.9. The van der Waals surface area contributed by atoms with Crippen LogP contribution >= 0.6 is 35.0 Å². The normalized spacial score (nSPS) is 12.4. The van der Waals surface area contributed by atoms with Gasteiger partial charge < -0.3 is 5.32 Å². The van der Waals surface area contributed by atoms with Gasteiger partial charge in [0.2, 0.25) is 15.9 Å². The number of carbonyl (C=O) groups is 1. The van der Waals surface area contributed by atoms with Gasteiger partial charge in [-0.2, -0.15) is 11.8 Å². The Labute approximate surface area is 186 Å². The molecule has 0 saturated carbocycles. The van der Waals surface area contributed by atoms with Crippen molar-refractivity contribution in [2.24, 2.45) is 0 Å². The summed E-state index contributed by atoms with van der Waals surface area (Å²) in [6.45, 7) is 3.78. The topological polar surface area (TPSA) is 66.5 Å². The van der Waals surface area contributed by atoms with E-state index in [0.29, 0.717) is 28.0 Å². The number of aryl methyl sites for hydroxylation is 1. The summed E-state index contributed by atoms with van der Waals surface area (Å²) in [6.07, 6.45) is 1.08. The van der Waals surface area contributed by atoms with E-state index in [9.17, 15) is 13.2 Å². The number of rotatable bonds is 9. The van der Waals surface area contributed by atoms with Crippen LogP contribution in [0.5, 0.6) is 0 Å². The van der Waals surface area contributed by atoms with E-state index in [2.05, 4.69) is 5.32 Å². The number of hydrogen-bond donors (Lipinski definition) is 1. The summed E-state index contributed by atoms with van der Waals surface area (Å²) in [5.41, 5.74) is 2.23. The van der Waals surface area contributed by atoms with Crippen molar-refractivity contribution in [1.82, 2.24) is 5.32 Å². The summed E-state index contributed by atoms with van der Waals surface area (Å²) in [7, 11) is -3.68. The van der Waals surface area contributed by atoms with Crippen molar-refractivity contribution in [3.63, 3.8) is 0 Å². The van der Waals surface area contributed by atoms with Gasteiger partial charge in [0, 0.05) is 28.1 Å². The van der Waals surface area contributed by atoms with Crippen LogP contribution in [0, 0.1) is 6.92 Å². The Morgan fingerprint density at radius 2 is 1.86 bits per heavy atom. The highest BCUT2D eigenvalue weighted by atomic mass is 35.5. The molecule has 158 valence electrons. The molecule has 0 unspecified atom stereocenters. The maximum Gasteiger partial charge on any atom is 0.243 e. The molecule has 2 aromatic rings. The zero-order valence-corrected chi connectivity index (χ0v) is 19.6. The van der Waals surface area contributed by atoms with Crippen LogP contribution in [0.4, 0.5) is 5.69 Å². The van der Waals surface area contributed by atoms with E-state index in [1.54, 1.807) is 43.8 Å². The van der Waals surface area contributed by atoms with E-state index in [1.165, 1.54) is 0 Å². The number of thioether (sulfide) groups is 1. The highest BCUT2D eigenvalue weighted by molar-refractivity contribution is 7.98. The standard InChI is InChI=1S/C20H24Cl2N2O3S2/c1-14-7-8-18(22)12-19(14)24(29(3,26)27)15(2)20(25)23-9-10-28-13-16-5-4-6-17(21)11-16/h4-8,11-12,15H,9-10,13H2,1-3H3,(H,23,25)/t15-/m0/s1. The lowest BCUT2D eigenvalue weighted by atomic mass is 10.2. The first-order valence-corrected chi connectivity index (χ1v) is 12.7. The SMILES string of the molecule is Cc1ccc(Cl)cc1N([C@@H](C)C(=O)NCCSCc1cccc(Cl)c1)S(C)(=O)=O. The molecule has 0 heterocycles. The van der Waals surface area contributed by atoms with E-state index in [4.69, 9.17) is 23.2 Å². The molecule has 0 aromatic heterocycles. The molecule has 5 nitrogen and oxygen atoms in total. The lowest BCUT2D eigenvalue weighted by Gasteiger charge is -2.29. The van der Waals surface area contributed by atoms with Crippen LogP contribution < -0.4 is 9.62 Å². The average Bonchev–Trinajstić information content (AvgIpc) is 2.63. The zero-order valence-electron chi connectivity index (χ0n) is 16.5. The largest absolute Gasteiger partial charge is 0.353 e. The fourth-order valence-electron chi connectivity index (χ4n) is 2.81. The third-order valence-corrected chi connectivity index (χ3v) is 6.93. The number of carbonyl (C=O) groups excluding carboxylic acids is 1. The maximum absolute atomic E-state index is 12.6. The van der Waals surface area contributed by atoms with E-state index < -0.39 is 16.1 Å². The van der Waals surface area contributed by atoms with Gasteiger partial charge in [-0.25, -0.2) is 8.42 Å². The Kier molecular flexibility index (Phi) is 8.70. The molecule has 9 heteroatoms. The summed E-state index contributed by atoms with van der Waals surface area (Å²) >= 11 is 13.7. The van der Waals surface area contributed by atoms with Gasteiger partial charge in [-0.3, -0.25) is 9.10 Å². The van der Waals surface area contributed by atoms with E-state index >= 15 is 0 Å². The molecule has 1 atom stereocenters. The van der Waals surface area contributed by atoms with Crippen molar-refractivity contribution < 1.29 is 13.2 Å². The van der Waals surface area contributed by atoms with Crippen LogP contribution in [0.15, 0.2) is 42.5 Å². The number of benzene rings is 2. The van der Waals surface area contributed by atoms with Crippen molar-refractivity contribution >= 4 is 56.6 Å². The van der Waals surface area contributed by atoms with Gasteiger partial charge in [0.25, 0.3) is 0 Å². The van der Waals surface area contributed by atoms with Crippen LogP contribution in [0.3, 0.4) is 0 Å². The highest BCUT2D eigenvalue weighted by Crippen LogP contribution is 2.28. The Balaban J connectivity index is 1.96. The smallest absolute Gasteiger partial charge is 0.243 e. The average molecular weight is 475 g/mol. The fraction of sp³-hybridized carbons (Fsp3) is 0.350. The van der Waals surface area contributed by atoms with Crippen molar-refractivity contribution in [2.45, 2.75) is 25.6 Å². The third kappa shape index (κ3) is 7.10. The van der Waals surface area contributed by atoms with Crippen LogP contribution in [-0.2, 0) is 20.6 Å². The molecule has 1 N–H and O–H groups in total. The summed E-state index contributed by atoms with van der Waals surface area (Å²) in [6, 6.07) is 11.7. The predicted octanol–water partition coefficient (Wildman–Crippen LogP) is 4.51. The van der Waals surface area contributed by atoms with Crippen molar-refractivity contribution in [3.8, 4) is 0 Å². The molecule has 0 aliphatic carbocycles. The minimum absolute atomic E-state index is 0.363. The van der Waals surface area contributed by atoms with Gasteiger partial charge in [0.05, 0.1) is 11.9 Å². The number of nitrogens with zero attached hydrogens (tertiary/aromatic N) is 1. The lowest BCUT2D eigenvalue weighted by molar-refractivity contribution is -0.121. The molecule has 1 amide bonds. The Bertz CT molecular complexity index is 968. The van der Waals surface area contributed by atoms with Crippen LogP contribution in [0.25, 0.3) is 0 Å². The van der Waals surface area contributed by atoms with Gasteiger partial charge in [-0.1, -0.05) is 41.4 Å². The second-order valence-corrected chi connectivity index (χ2v) is 10.5. The number of nitrogens with one attached hydrogen (secondary N) is 1. The predicted molar refractivity (Wildman–Crippen MR) is 124 cm³/mol. The van der Waals surface area contributed by atoms with Gasteiger partial charge in [-0.05, 0) is 49.2 Å². The van der Waals surface area contributed by atoms with Gasteiger partial charge in [0.15, 0.2) is 0 Å². The van der Waals surface area contributed by atoms with Gasteiger partial charge in [0.1, 0.15) is 6.04 Å². The van der Waals surface area contributed by atoms with Gasteiger partial charge in [-0.15, -0.1) is 0 Å². The number of anilines is 1. The van der Waals surface area contributed by atoms with E-state index in [1.807, 2.05) is 24.3 Å². The second kappa shape index (κ2) is 10.6. The van der Waals surface area contributed by atoms with E-state index in [-0.39, 0.29) is 5.91 Å². The van der Waals surface area contributed by atoms with Crippen molar-refractivity contribution in [1.29, 1.82) is 0 Å². The molecule has 0 saturated heterocycles. The Morgan fingerprint density at radius 3 is 2.52 bits per heavy atom. The third-order valence-electron chi connectivity index (χ3n) is 4.20. The lowest BCUT2D eigenvalue weighted by Crippen LogP contribution is -2.48. The zero-order chi connectivity index (χ0) is 21.6. The number of halogens is 2. The van der Waals surface area contributed by atoms with E-state index in [0.717, 1.165) is 27.4 Å². The number of sulfonamides is 1. The summed E-state index contributed by atoms with van der Waals surface area (Å²) < 4.78 is 25.9. The maximum atomic E-state index is 12.6. The first-order chi connectivity index (χ1) is 13.6. The molecule has 2 aromatic carbocycles. The van der Waals surface area contributed by atoms with Crippen LogP contribution in [0.1, 0.15) is 18.1 Å². The molecule has 0 spiro atoms. The van der Waals surface area contributed by atoms with Crippen molar-refractivity contribution in [2.75, 3.05) is 22.9 Å². The van der Waals surface area contributed by atoms with Crippen LogP contribution in [0.2, 0.25) is 10.0 Å². The first-order valence-electron chi connectivity index (χ1n) is 8.95. The molecule has 0 bridgehead atoms. The Hall–Kier alpha value is -1.41. The summed E-state index contributed by atoms with van der Waals surface area (Å²) in [5.74, 6) is 1.11. The molecule has 2 rings (SSSR count). The molecule has 0 aliphatic heterocycles. The molecule has 0 radical (unpaired) electrons. The Morgan fingerprint density at radius 1 is 1.17 bits per heavy atom. The molecular weight excluding hydrogens is 451 g/mol. The number of hydrogen-bond acceptors (Lipinski definition) is 4. The monoisotopic (exact) mass is 474 g/mol. The van der Waals surface area contributed by atoms with Gasteiger partial charge >= 0.3 is 0 Å². The quantitative estimate of drug-likeness (QED) is 0.543. The van der Waals surface area contributed by atoms with Crippen molar-refractivity contribution in [3.05, 3.63) is 63.6 Å². The molecular formula is C20H24Cl2N2O3S2. The summed E-state index contributed by atoms with van der Waals surface area (Å²) in [5, 5.41) is 3.91. The molecule has 0 fully saturated rings. The highest BCUT2D eigenvalue weighted by Gasteiger charge is 2.30. The minimum Gasteiger partial charge on any atom is -0.353 e. The summed E-state index contributed by atoms with van der Waals surface area (Å²) in [4.78, 5) is 12.6.